The molecule has 5 nitrogen and oxygen atoms in total. The summed E-state index contributed by atoms with van der Waals surface area (Å²) < 4.78 is 5.38. The van der Waals surface area contributed by atoms with Crippen molar-refractivity contribution in [3.05, 3.63) is 23.3 Å². The van der Waals surface area contributed by atoms with Crippen LogP contribution in [0.15, 0.2) is 28.3 Å². The largest absolute Gasteiger partial charge is 0.460 e. The fourth-order valence-electron chi connectivity index (χ4n) is 4.52. The van der Waals surface area contributed by atoms with Crippen molar-refractivity contribution in [3.63, 3.8) is 0 Å². The molecule has 0 spiro atoms. The number of carbonyl (C=O) groups is 2. The van der Waals surface area contributed by atoms with E-state index >= 15 is 0 Å². The summed E-state index contributed by atoms with van der Waals surface area (Å²) in [6, 6.07) is -0.00346. The first-order valence-corrected chi connectivity index (χ1v) is 12.7. The van der Waals surface area contributed by atoms with Crippen LogP contribution in [-0.2, 0) is 14.3 Å². The van der Waals surface area contributed by atoms with Gasteiger partial charge in [-0.1, -0.05) is 53.7 Å². The molecule has 0 fully saturated rings. The Morgan fingerprint density at radius 1 is 1.09 bits per heavy atom. The third-order valence-corrected chi connectivity index (χ3v) is 7.28. The maximum absolute atomic E-state index is 13.1. The lowest BCUT2D eigenvalue weighted by Gasteiger charge is -2.42. The monoisotopic (exact) mass is 458 g/mol. The Balaban J connectivity index is 2.29. The fraction of sp³-hybridized carbons (Fsp3) is 0.750. The standard InChI is InChI=1S/C28H46N2O3/c1-19(2)10-15-24(22-11-13-23(14-12-22)26(32)33-20(3)4)30-25(31)18-29-28(30,9)17-16-21(5)27(6,7)8/h11,13,18-21,24H,10,12,14-17H2,1-9H3/t21?,24-,28?/m1/s1. The van der Waals surface area contributed by atoms with Gasteiger partial charge in [-0.2, -0.15) is 0 Å². The summed E-state index contributed by atoms with van der Waals surface area (Å²) in [7, 11) is 0. The number of hydrogen-bond donors (Lipinski definition) is 0. The third-order valence-electron chi connectivity index (χ3n) is 7.28. The van der Waals surface area contributed by atoms with E-state index in [0.29, 0.717) is 23.8 Å². The first-order chi connectivity index (χ1) is 15.2. The van der Waals surface area contributed by atoms with Gasteiger partial charge in [-0.15, -0.1) is 0 Å². The molecule has 33 heavy (non-hydrogen) atoms. The molecule has 1 aliphatic carbocycles. The fourth-order valence-corrected chi connectivity index (χ4v) is 4.52. The predicted molar refractivity (Wildman–Crippen MR) is 136 cm³/mol. The molecule has 0 aromatic carbocycles. The molecule has 5 heteroatoms. The van der Waals surface area contributed by atoms with Crippen molar-refractivity contribution in [2.24, 2.45) is 22.2 Å². The second-order valence-electron chi connectivity index (χ2n) is 11.9. The zero-order valence-electron chi connectivity index (χ0n) is 22.4. The number of amides is 1. The molecule has 0 radical (unpaired) electrons. The highest BCUT2D eigenvalue weighted by Crippen LogP contribution is 2.39. The van der Waals surface area contributed by atoms with Gasteiger partial charge in [0.1, 0.15) is 5.66 Å². The van der Waals surface area contributed by atoms with Crippen molar-refractivity contribution in [3.8, 4) is 0 Å². The van der Waals surface area contributed by atoms with Crippen LogP contribution in [0.4, 0.5) is 0 Å². The van der Waals surface area contributed by atoms with E-state index < -0.39 is 5.66 Å². The van der Waals surface area contributed by atoms with Gasteiger partial charge in [0.25, 0.3) is 5.91 Å². The molecule has 2 unspecified atom stereocenters. The molecular formula is C28H46N2O3. The highest BCUT2D eigenvalue weighted by molar-refractivity contribution is 6.28. The van der Waals surface area contributed by atoms with Crippen LogP contribution in [0.2, 0.25) is 0 Å². The van der Waals surface area contributed by atoms with E-state index in [0.717, 1.165) is 32.1 Å². The zero-order chi connectivity index (χ0) is 25.0. The summed E-state index contributed by atoms with van der Waals surface area (Å²) >= 11 is 0. The van der Waals surface area contributed by atoms with Gasteiger partial charge in [-0.3, -0.25) is 9.79 Å². The lowest BCUT2D eigenvalue weighted by molar-refractivity contribution is -0.142. The maximum atomic E-state index is 13.1. The summed E-state index contributed by atoms with van der Waals surface area (Å²) in [6.07, 6.45) is 10.6. The SMILES string of the molecule is CC(C)CC[C@H](C1=CC=C(C(=O)OC(C)C)CC1)N1C(=O)C=NC1(C)CCC(C)C(C)(C)C. The molecule has 2 aliphatic rings. The molecular weight excluding hydrogens is 412 g/mol. The molecule has 186 valence electrons. The van der Waals surface area contributed by atoms with Crippen LogP contribution in [0.3, 0.4) is 0 Å². The minimum Gasteiger partial charge on any atom is -0.460 e. The van der Waals surface area contributed by atoms with Gasteiger partial charge < -0.3 is 9.64 Å². The molecule has 1 aliphatic heterocycles. The van der Waals surface area contributed by atoms with Crippen LogP contribution < -0.4 is 0 Å². The molecule has 1 amide bonds. The minimum atomic E-state index is -0.528. The van der Waals surface area contributed by atoms with Gasteiger partial charge in [0.15, 0.2) is 0 Å². The van der Waals surface area contributed by atoms with Crippen molar-refractivity contribution < 1.29 is 14.3 Å². The summed E-state index contributed by atoms with van der Waals surface area (Å²) in [6.45, 7) is 19.4. The number of aliphatic imine (C=N–C) groups is 1. The van der Waals surface area contributed by atoms with E-state index in [1.807, 2.05) is 24.8 Å². The number of nitrogens with zero attached hydrogens (tertiary/aromatic N) is 2. The second-order valence-corrected chi connectivity index (χ2v) is 11.9. The van der Waals surface area contributed by atoms with Gasteiger partial charge in [0, 0.05) is 5.57 Å². The smallest absolute Gasteiger partial charge is 0.334 e. The molecule has 0 N–H and O–H groups in total. The van der Waals surface area contributed by atoms with Crippen LogP contribution in [0.5, 0.6) is 0 Å². The molecule has 1 heterocycles. The van der Waals surface area contributed by atoms with Gasteiger partial charge in [-0.05, 0) is 82.1 Å². The zero-order valence-corrected chi connectivity index (χ0v) is 22.4. The average Bonchev–Trinajstić information content (AvgIpc) is 3.00. The Labute approximate surface area is 201 Å². The summed E-state index contributed by atoms with van der Waals surface area (Å²) in [5.41, 5.74) is 1.62. The van der Waals surface area contributed by atoms with Crippen LogP contribution in [-0.4, -0.2) is 40.8 Å². The van der Waals surface area contributed by atoms with Crippen LogP contribution >= 0.6 is 0 Å². The highest BCUT2D eigenvalue weighted by atomic mass is 16.5. The number of allylic oxidation sites excluding steroid dienone is 2. The molecule has 0 aromatic heterocycles. The van der Waals surface area contributed by atoms with Gasteiger partial charge >= 0.3 is 5.97 Å². The van der Waals surface area contributed by atoms with Crippen molar-refractivity contribution in [2.45, 2.75) is 119 Å². The quantitative estimate of drug-likeness (QED) is 0.352. The van der Waals surface area contributed by atoms with E-state index in [9.17, 15) is 9.59 Å². The summed E-state index contributed by atoms with van der Waals surface area (Å²) in [4.78, 5) is 32.2. The molecule has 0 saturated carbocycles. The lowest BCUT2D eigenvalue weighted by Crippen LogP contribution is -2.51. The van der Waals surface area contributed by atoms with Crippen LogP contribution in [0.1, 0.15) is 101 Å². The number of ether oxygens (including phenoxy) is 1. The number of rotatable bonds is 10. The summed E-state index contributed by atoms with van der Waals surface area (Å²) in [5.74, 6) is 0.849. The summed E-state index contributed by atoms with van der Waals surface area (Å²) in [5, 5.41) is 0. The predicted octanol–water partition coefficient (Wildman–Crippen LogP) is 6.48. The Morgan fingerprint density at radius 3 is 2.27 bits per heavy atom. The Kier molecular flexibility index (Phi) is 9.12. The van der Waals surface area contributed by atoms with E-state index in [2.05, 4.69) is 54.5 Å². The first-order valence-electron chi connectivity index (χ1n) is 12.7. The van der Waals surface area contributed by atoms with E-state index in [1.165, 1.54) is 11.8 Å². The Bertz CT molecular complexity index is 800. The molecule has 2 rings (SSSR count). The first kappa shape index (κ1) is 27.3. The van der Waals surface area contributed by atoms with E-state index in [4.69, 9.17) is 9.73 Å². The van der Waals surface area contributed by atoms with Crippen molar-refractivity contribution in [1.82, 2.24) is 4.90 Å². The number of esters is 1. The maximum Gasteiger partial charge on any atom is 0.334 e. The van der Waals surface area contributed by atoms with E-state index in [-0.39, 0.29) is 29.4 Å². The van der Waals surface area contributed by atoms with Gasteiger partial charge in [-0.25, -0.2) is 4.79 Å². The van der Waals surface area contributed by atoms with Crippen molar-refractivity contribution >= 4 is 18.1 Å². The van der Waals surface area contributed by atoms with Crippen LogP contribution in [0, 0.1) is 17.3 Å². The van der Waals surface area contributed by atoms with Gasteiger partial charge in [0.2, 0.25) is 0 Å². The van der Waals surface area contributed by atoms with Crippen molar-refractivity contribution in [2.75, 3.05) is 0 Å². The lowest BCUT2D eigenvalue weighted by atomic mass is 9.78. The molecule has 0 saturated heterocycles. The average molecular weight is 459 g/mol. The molecule has 3 atom stereocenters. The van der Waals surface area contributed by atoms with Gasteiger partial charge in [0.05, 0.1) is 18.4 Å². The molecule has 0 bridgehead atoms. The third kappa shape index (κ3) is 7.28. The normalized spacial score (nSPS) is 23.1. The Morgan fingerprint density at radius 2 is 1.76 bits per heavy atom. The van der Waals surface area contributed by atoms with Crippen molar-refractivity contribution in [1.29, 1.82) is 0 Å². The van der Waals surface area contributed by atoms with E-state index in [1.54, 1.807) is 0 Å². The second kappa shape index (κ2) is 11.0. The highest BCUT2D eigenvalue weighted by Gasteiger charge is 2.44. The number of hydrogen-bond acceptors (Lipinski definition) is 4. The number of carbonyl (C=O) groups excluding carboxylic acids is 2. The Hall–Kier alpha value is -1.91. The molecule has 0 aromatic rings. The topological polar surface area (TPSA) is 59.0 Å². The minimum absolute atomic E-state index is 0.00346. The van der Waals surface area contributed by atoms with Crippen LogP contribution in [0.25, 0.3) is 0 Å².